The van der Waals surface area contributed by atoms with E-state index in [2.05, 4.69) is 80.0 Å². The summed E-state index contributed by atoms with van der Waals surface area (Å²) in [6.07, 6.45) is 4.63. The normalized spacial score (nSPS) is 21.7. The maximum absolute atomic E-state index is 13.4. The molecule has 0 spiro atoms. The molecular formula is C41H50ClN9O3. The van der Waals surface area contributed by atoms with Crippen molar-refractivity contribution < 1.29 is 9.53 Å². The second-order valence-electron chi connectivity index (χ2n) is 16.3. The summed E-state index contributed by atoms with van der Waals surface area (Å²) in [5.74, 6) is 1.78. The molecule has 12 nitrogen and oxygen atoms in total. The monoisotopic (exact) mass is 751 g/mol. The first-order valence-electron chi connectivity index (χ1n) is 19.1. The zero-order valence-corrected chi connectivity index (χ0v) is 32.6. The van der Waals surface area contributed by atoms with Crippen LogP contribution in [0.15, 0.2) is 53.5 Å². The number of benzene rings is 1. The second-order valence-corrected chi connectivity index (χ2v) is 16.7. The van der Waals surface area contributed by atoms with Gasteiger partial charge < -0.3 is 24.8 Å². The Bertz CT molecular complexity index is 2080. The number of carbonyl (C=O) groups is 1. The van der Waals surface area contributed by atoms with Crippen LogP contribution in [0.1, 0.15) is 74.6 Å². The van der Waals surface area contributed by atoms with E-state index < -0.39 is 0 Å². The van der Waals surface area contributed by atoms with Gasteiger partial charge in [0.25, 0.3) is 11.5 Å². The number of nitrogens with one attached hydrogen (secondary N) is 2. The smallest absolute Gasteiger partial charge is 0.272 e. The Balaban J connectivity index is 0.852. The molecule has 5 heterocycles. The van der Waals surface area contributed by atoms with Gasteiger partial charge >= 0.3 is 0 Å². The highest BCUT2D eigenvalue weighted by atomic mass is 35.5. The number of pyridine rings is 2. The van der Waals surface area contributed by atoms with Gasteiger partial charge in [-0.2, -0.15) is 5.26 Å². The summed E-state index contributed by atoms with van der Waals surface area (Å²) >= 11 is 6.24. The van der Waals surface area contributed by atoms with Gasteiger partial charge in [-0.15, -0.1) is 10.2 Å². The number of rotatable bonds is 10. The van der Waals surface area contributed by atoms with Crippen LogP contribution >= 0.6 is 11.6 Å². The molecule has 4 aromatic rings. The van der Waals surface area contributed by atoms with Crippen LogP contribution in [-0.2, 0) is 13.0 Å². The van der Waals surface area contributed by atoms with Crippen LogP contribution in [0.3, 0.4) is 0 Å². The topological polar surface area (TPSA) is 143 Å². The summed E-state index contributed by atoms with van der Waals surface area (Å²) in [7, 11) is 0. The molecule has 0 unspecified atom stereocenters. The van der Waals surface area contributed by atoms with Crippen LogP contribution in [0.2, 0.25) is 5.02 Å². The Morgan fingerprint density at radius 2 is 1.72 bits per heavy atom. The first-order chi connectivity index (χ1) is 25.8. The lowest BCUT2D eigenvalue weighted by Gasteiger charge is -2.63. The van der Waals surface area contributed by atoms with Gasteiger partial charge in [-0.1, -0.05) is 46.2 Å². The highest BCUT2D eigenvalue weighted by molar-refractivity contribution is 6.31. The van der Waals surface area contributed by atoms with Gasteiger partial charge in [-0.05, 0) is 67.1 Å². The molecule has 2 saturated heterocycles. The number of fused-ring (bicyclic) bond motifs is 1. The van der Waals surface area contributed by atoms with E-state index in [4.69, 9.17) is 16.3 Å². The Morgan fingerprint density at radius 1 is 1.00 bits per heavy atom. The molecule has 284 valence electrons. The molecule has 1 aromatic carbocycles. The number of H-pyrrole nitrogens is 1. The number of piperidine rings is 1. The number of aromatic amines is 1. The third kappa shape index (κ3) is 7.67. The van der Waals surface area contributed by atoms with Crippen molar-refractivity contribution in [3.05, 3.63) is 86.4 Å². The molecule has 0 atom stereocenters. The van der Waals surface area contributed by atoms with Crippen molar-refractivity contribution in [3.8, 4) is 11.8 Å². The molecule has 1 aliphatic carbocycles. The van der Waals surface area contributed by atoms with Crippen LogP contribution in [-0.4, -0.2) is 93.8 Å². The Hall–Kier alpha value is -4.57. The van der Waals surface area contributed by atoms with E-state index >= 15 is 0 Å². The van der Waals surface area contributed by atoms with Crippen LogP contribution < -0.4 is 20.5 Å². The molecule has 7 rings (SSSR count). The van der Waals surface area contributed by atoms with Crippen LogP contribution in [0, 0.1) is 28.1 Å². The number of amides is 1. The van der Waals surface area contributed by atoms with Crippen molar-refractivity contribution in [3.63, 3.8) is 0 Å². The number of anilines is 1. The lowest BCUT2D eigenvalue weighted by atomic mass is 9.49. The van der Waals surface area contributed by atoms with Crippen LogP contribution in [0.4, 0.5) is 5.82 Å². The van der Waals surface area contributed by atoms with Gasteiger partial charge in [0.2, 0.25) is 0 Å². The summed E-state index contributed by atoms with van der Waals surface area (Å²) in [5.41, 5.74) is 3.46. The Labute approximate surface area is 321 Å². The zero-order valence-electron chi connectivity index (χ0n) is 31.9. The summed E-state index contributed by atoms with van der Waals surface area (Å²) < 4.78 is 6.36. The zero-order chi connectivity index (χ0) is 38.2. The predicted octanol–water partition coefficient (Wildman–Crippen LogP) is 5.45. The third-order valence-corrected chi connectivity index (χ3v) is 12.2. The predicted molar refractivity (Wildman–Crippen MR) is 210 cm³/mol. The number of hydrogen-bond acceptors (Lipinski definition) is 10. The van der Waals surface area contributed by atoms with Crippen molar-refractivity contribution in [1.29, 1.82) is 5.26 Å². The van der Waals surface area contributed by atoms with Crippen LogP contribution in [0.5, 0.6) is 5.75 Å². The fourth-order valence-electron chi connectivity index (χ4n) is 9.03. The third-order valence-electron chi connectivity index (χ3n) is 11.8. The highest BCUT2D eigenvalue weighted by Gasteiger charge is 2.64. The Kier molecular flexibility index (Phi) is 10.7. The molecule has 2 N–H and O–H groups in total. The number of nitriles is 1. The quantitative estimate of drug-likeness (QED) is 0.215. The first kappa shape index (κ1) is 37.7. The first-order valence-corrected chi connectivity index (χ1v) is 19.4. The number of ether oxygens (including phenoxy) is 1. The molecule has 2 aliphatic heterocycles. The number of aromatic nitrogens is 4. The minimum absolute atomic E-state index is 0.0251. The van der Waals surface area contributed by atoms with E-state index in [0.717, 1.165) is 93.2 Å². The molecule has 54 heavy (non-hydrogen) atoms. The summed E-state index contributed by atoms with van der Waals surface area (Å²) in [6.45, 7) is 18.2. The van der Waals surface area contributed by atoms with Gasteiger partial charge in [0.05, 0.1) is 21.6 Å². The molecule has 1 amide bonds. The van der Waals surface area contributed by atoms with Crippen LogP contribution in [0.25, 0.3) is 11.0 Å². The van der Waals surface area contributed by atoms with Crippen molar-refractivity contribution >= 4 is 34.4 Å². The fourth-order valence-corrected chi connectivity index (χ4v) is 9.24. The molecular weight excluding hydrogens is 702 g/mol. The van der Waals surface area contributed by atoms with Crippen molar-refractivity contribution in [2.45, 2.75) is 72.6 Å². The van der Waals surface area contributed by atoms with E-state index in [9.17, 15) is 14.9 Å². The van der Waals surface area contributed by atoms with E-state index in [1.54, 1.807) is 24.3 Å². The average molecular weight is 752 g/mol. The Morgan fingerprint density at radius 3 is 2.37 bits per heavy atom. The molecule has 0 radical (unpaired) electrons. The highest BCUT2D eigenvalue weighted by Crippen LogP contribution is 2.55. The summed E-state index contributed by atoms with van der Waals surface area (Å²) in [6, 6.07) is 14.6. The van der Waals surface area contributed by atoms with E-state index in [-0.39, 0.29) is 34.4 Å². The second kappa shape index (κ2) is 15.3. The number of carbonyl (C=O) groups excluding carboxylic acids is 1. The lowest BCUT2D eigenvalue weighted by Crippen LogP contribution is -2.74. The minimum Gasteiger partial charge on any atom is -0.489 e. The number of hydrogen-bond donors (Lipinski definition) is 2. The molecule has 0 bridgehead atoms. The fraction of sp³-hybridized carbons (Fsp3) is 0.512. The van der Waals surface area contributed by atoms with Crippen molar-refractivity contribution in [1.82, 2.24) is 35.3 Å². The maximum atomic E-state index is 13.4. The van der Waals surface area contributed by atoms with E-state index in [1.807, 2.05) is 25.3 Å². The standard InChI is InChI=1S/C41H50ClN9O3/c1-6-28-20-33-34(45-36(28)52)19-27(23-44-33)25-50-17-15-49(16-18-50)24-26-11-13-51(14-12-26)35-10-9-32(47-48-35)37(53)46-38-40(2,3)39(41(38,4)5)54-30-8-7-29(22-43)31(42)21-30/h7-10,19-21,23,26,38-39H,6,11-18,24-25H2,1-5H3,(H,45,52)(H,46,53). The van der Waals surface area contributed by atoms with Gasteiger partial charge in [0, 0.05) is 87.1 Å². The van der Waals surface area contributed by atoms with Crippen molar-refractivity contribution in [2.24, 2.45) is 16.7 Å². The largest absolute Gasteiger partial charge is 0.489 e. The van der Waals surface area contributed by atoms with Crippen molar-refractivity contribution in [2.75, 3.05) is 50.7 Å². The molecule has 3 aliphatic rings. The average Bonchev–Trinajstić information content (AvgIpc) is 3.16. The number of piperazine rings is 1. The van der Waals surface area contributed by atoms with Gasteiger partial charge in [0.15, 0.2) is 11.5 Å². The molecule has 3 fully saturated rings. The minimum atomic E-state index is -0.372. The van der Waals surface area contributed by atoms with E-state index in [1.165, 1.54) is 0 Å². The lowest BCUT2D eigenvalue weighted by molar-refractivity contribution is -0.164. The summed E-state index contributed by atoms with van der Waals surface area (Å²) in [5, 5.41) is 21.6. The van der Waals surface area contributed by atoms with Gasteiger partial charge in [-0.25, -0.2) is 0 Å². The number of nitrogens with zero attached hydrogens (tertiary/aromatic N) is 7. The summed E-state index contributed by atoms with van der Waals surface area (Å²) in [4.78, 5) is 40.6. The maximum Gasteiger partial charge on any atom is 0.272 e. The SMILES string of the molecule is CCc1cc2ncc(CN3CCN(CC4CCN(c5ccc(C(=O)NC6C(C)(C)C(Oc7ccc(C#N)c(Cl)c7)C6(C)C)nn5)CC4)CC3)cc2[nH]c1=O. The number of aryl methyl sites for hydroxylation is 1. The number of halogens is 1. The van der Waals surface area contributed by atoms with Gasteiger partial charge in [-0.3, -0.25) is 19.5 Å². The molecule has 3 aromatic heterocycles. The molecule has 13 heteroatoms. The molecule has 1 saturated carbocycles. The van der Waals surface area contributed by atoms with Gasteiger partial charge in [0.1, 0.15) is 17.9 Å². The van der Waals surface area contributed by atoms with E-state index in [0.29, 0.717) is 34.4 Å².